The number of H-pyrrole nitrogens is 1. The first kappa shape index (κ1) is 24.0. The smallest absolute Gasteiger partial charge is 0.434 e. The lowest BCUT2D eigenvalue weighted by Crippen LogP contribution is -2.33. The zero-order valence-electron chi connectivity index (χ0n) is 18.4. The average Bonchev–Trinajstić information content (AvgIpc) is 3.27. The van der Waals surface area contributed by atoms with Gasteiger partial charge < -0.3 is 9.15 Å². The number of rotatable bonds is 8. The summed E-state index contributed by atoms with van der Waals surface area (Å²) in [5.41, 5.74) is -0.195. The molecule has 0 aliphatic heterocycles. The molecular weight excluding hydrogens is 483 g/mol. The van der Waals surface area contributed by atoms with Gasteiger partial charge in [-0.05, 0) is 22.9 Å². The van der Waals surface area contributed by atoms with Crippen LogP contribution in [0.25, 0.3) is 10.8 Å². The van der Waals surface area contributed by atoms with Crippen molar-refractivity contribution in [2.75, 3.05) is 7.11 Å². The molecule has 0 bridgehead atoms. The van der Waals surface area contributed by atoms with Crippen LogP contribution in [-0.2, 0) is 10.0 Å². The molecule has 2 atom stereocenters. The number of fused-ring (bicyclic) bond motifs is 1. The van der Waals surface area contributed by atoms with Crippen molar-refractivity contribution in [3.05, 3.63) is 92.5 Å². The number of aromatic amines is 1. The number of halogens is 1. The van der Waals surface area contributed by atoms with Crippen LogP contribution in [0.15, 0.2) is 68.7 Å². The van der Waals surface area contributed by atoms with Gasteiger partial charge in [0.05, 0.1) is 18.1 Å². The maximum Gasteiger partial charge on any atom is 0.434 e. The quantitative estimate of drug-likeness (QED) is 0.274. The van der Waals surface area contributed by atoms with Crippen LogP contribution in [0, 0.1) is 15.9 Å². The molecule has 0 aliphatic rings. The highest BCUT2D eigenvalue weighted by Crippen LogP contribution is 2.37. The lowest BCUT2D eigenvalue weighted by Gasteiger charge is -2.24. The number of aromatic nitrogens is 2. The number of hydrogen-bond acceptors (Lipinski definition) is 8. The van der Waals surface area contributed by atoms with E-state index in [0.29, 0.717) is 5.39 Å². The number of hydrogen-bond donors (Lipinski definition) is 2. The number of nitro groups is 1. The topological polar surface area (TPSA) is 157 Å². The van der Waals surface area contributed by atoms with Gasteiger partial charge in [0.15, 0.2) is 0 Å². The average molecular weight is 502 g/mol. The van der Waals surface area contributed by atoms with Crippen LogP contribution in [0.2, 0.25) is 0 Å². The molecule has 13 heteroatoms. The van der Waals surface area contributed by atoms with Crippen molar-refractivity contribution in [3.8, 4) is 5.75 Å². The predicted molar refractivity (Wildman–Crippen MR) is 122 cm³/mol. The number of nitrogens with one attached hydrogen (secondary N) is 2. The molecule has 0 amide bonds. The first-order chi connectivity index (χ1) is 16.6. The predicted octanol–water partition coefficient (Wildman–Crippen LogP) is 3.40. The van der Waals surface area contributed by atoms with Crippen LogP contribution in [0.3, 0.4) is 0 Å². The minimum atomic E-state index is -4.44. The number of ether oxygens (including phenoxy) is 1. The molecule has 182 valence electrons. The summed E-state index contributed by atoms with van der Waals surface area (Å²) in [6.07, 6.45) is 0. The van der Waals surface area contributed by atoms with E-state index in [1.807, 2.05) is 0 Å². The Balaban J connectivity index is 1.83. The Morgan fingerprint density at radius 1 is 1.20 bits per heavy atom. The number of sulfonamides is 1. The van der Waals surface area contributed by atoms with Gasteiger partial charge in [-0.2, -0.15) is 4.72 Å². The van der Waals surface area contributed by atoms with Crippen molar-refractivity contribution in [2.24, 2.45) is 0 Å². The van der Waals surface area contributed by atoms with Crippen molar-refractivity contribution < 1.29 is 26.9 Å². The van der Waals surface area contributed by atoms with Gasteiger partial charge in [0.1, 0.15) is 22.5 Å². The van der Waals surface area contributed by atoms with Gasteiger partial charge in [-0.3, -0.25) is 10.1 Å². The van der Waals surface area contributed by atoms with E-state index in [4.69, 9.17) is 9.15 Å². The summed E-state index contributed by atoms with van der Waals surface area (Å²) in [7, 11) is -3.28. The second-order valence-electron chi connectivity index (χ2n) is 7.61. The van der Waals surface area contributed by atoms with Gasteiger partial charge in [-0.1, -0.05) is 37.3 Å². The minimum absolute atomic E-state index is 0.178. The molecule has 2 unspecified atom stereocenters. The largest absolute Gasteiger partial charge is 0.495 e. The van der Waals surface area contributed by atoms with Crippen molar-refractivity contribution in [3.63, 3.8) is 0 Å². The number of benzene rings is 3. The normalized spacial score (nSPS) is 13.5. The third kappa shape index (κ3) is 4.63. The Bertz CT molecular complexity index is 1580. The number of nitro benzene ring substituents is 1. The Labute approximate surface area is 197 Å². The fraction of sp³-hybridized carbons (Fsp3) is 0.182. The summed E-state index contributed by atoms with van der Waals surface area (Å²) < 4.78 is 54.3. The maximum absolute atomic E-state index is 15.1. The van der Waals surface area contributed by atoms with Gasteiger partial charge in [0.2, 0.25) is 15.9 Å². The summed E-state index contributed by atoms with van der Waals surface area (Å²) in [6, 6.07) is 11.5. The summed E-state index contributed by atoms with van der Waals surface area (Å²) in [5, 5.41) is 18.2. The number of methoxy groups -OCH3 is 1. The fourth-order valence-corrected chi connectivity index (χ4v) is 5.28. The van der Waals surface area contributed by atoms with E-state index in [9.17, 15) is 23.3 Å². The van der Waals surface area contributed by atoms with Crippen LogP contribution in [0.4, 0.5) is 10.1 Å². The Morgan fingerprint density at radius 2 is 1.94 bits per heavy atom. The van der Waals surface area contributed by atoms with E-state index < -0.39 is 43.4 Å². The maximum atomic E-state index is 15.1. The molecule has 0 aliphatic carbocycles. The lowest BCUT2D eigenvalue weighted by atomic mass is 9.89. The molecule has 0 saturated heterocycles. The van der Waals surface area contributed by atoms with Crippen LogP contribution < -0.4 is 15.2 Å². The van der Waals surface area contributed by atoms with Crippen LogP contribution in [-0.4, -0.2) is 30.6 Å². The van der Waals surface area contributed by atoms with Gasteiger partial charge in [0, 0.05) is 17.5 Å². The van der Waals surface area contributed by atoms with Gasteiger partial charge in [-0.15, -0.1) is 5.10 Å². The SMILES string of the molecule is COc1cc([N+](=O)[O-])ccc1S(=O)(=O)NC(c1n[nH]c(=O)o1)C(C)c1c(F)ccc2ccccc12. The zero-order valence-corrected chi connectivity index (χ0v) is 19.2. The highest BCUT2D eigenvalue weighted by atomic mass is 32.2. The van der Waals surface area contributed by atoms with E-state index in [-0.39, 0.29) is 22.9 Å². The van der Waals surface area contributed by atoms with Crippen molar-refractivity contribution in [1.29, 1.82) is 0 Å². The Morgan fingerprint density at radius 3 is 2.60 bits per heavy atom. The molecule has 35 heavy (non-hydrogen) atoms. The first-order valence-corrected chi connectivity index (χ1v) is 11.7. The van der Waals surface area contributed by atoms with E-state index in [0.717, 1.165) is 30.7 Å². The summed E-state index contributed by atoms with van der Waals surface area (Å²) >= 11 is 0. The molecule has 4 aromatic rings. The monoisotopic (exact) mass is 502 g/mol. The highest BCUT2D eigenvalue weighted by molar-refractivity contribution is 7.89. The molecule has 11 nitrogen and oxygen atoms in total. The fourth-order valence-electron chi connectivity index (χ4n) is 3.86. The van der Waals surface area contributed by atoms with Crippen molar-refractivity contribution >= 4 is 26.5 Å². The van der Waals surface area contributed by atoms with E-state index in [1.165, 1.54) is 6.07 Å². The number of non-ortho nitro benzene ring substituents is 1. The second kappa shape index (κ2) is 9.27. The Hall–Kier alpha value is -4.10. The molecule has 2 N–H and O–H groups in total. The second-order valence-corrected chi connectivity index (χ2v) is 9.30. The minimum Gasteiger partial charge on any atom is -0.495 e. The molecule has 0 radical (unpaired) electrons. The van der Waals surface area contributed by atoms with Crippen molar-refractivity contribution in [2.45, 2.75) is 23.8 Å². The van der Waals surface area contributed by atoms with Crippen LogP contribution >= 0.6 is 0 Å². The summed E-state index contributed by atoms with van der Waals surface area (Å²) in [4.78, 5) is 21.6. The summed E-state index contributed by atoms with van der Waals surface area (Å²) in [6.45, 7) is 1.56. The molecule has 1 aromatic heterocycles. The van der Waals surface area contributed by atoms with Gasteiger partial charge >= 0.3 is 5.76 Å². The van der Waals surface area contributed by atoms with Crippen LogP contribution in [0.5, 0.6) is 5.75 Å². The molecule has 0 fully saturated rings. The standard InChI is InChI=1S/C22H19FN4O7S/c1-12(19-15-6-4-3-5-13(15)7-9-16(19)23)20(21-24-25-22(28)34-21)26-35(31,32)18-10-8-14(27(29)30)11-17(18)33-2/h3-12,20,26H,1-2H3,(H,25,28). The Kier molecular flexibility index (Phi) is 6.37. The highest BCUT2D eigenvalue weighted by Gasteiger charge is 2.34. The molecule has 0 saturated carbocycles. The third-order valence-corrected chi connectivity index (χ3v) is 7.00. The van der Waals surface area contributed by atoms with E-state index >= 15 is 4.39 Å². The lowest BCUT2D eigenvalue weighted by molar-refractivity contribution is -0.385. The molecule has 4 rings (SSSR count). The summed E-state index contributed by atoms with van der Waals surface area (Å²) in [5.74, 6) is -3.03. The molecule has 3 aromatic carbocycles. The molecule has 0 spiro atoms. The van der Waals surface area contributed by atoms with E-state index in [1.54, 1.807) is 37.3 Å². The van der Waals surface area contributed by atoms with Crippen LogP contribution in [0.1, 0.15) is 30.3 Å². The van der Waals surface area contributed by atoms with Gasteiger partial charge in [-0.25, -0.2) is 22.7 Å². The first-order valence-electron chi connectivity index (χ1n) is 10.2. The number of nitrogens with zero attached hydrogens (tertiary/aromatic N) is 2. The van der Waals surface area contributed by atoms with E-state index in [2.05, 4.69) is 14.9 Å². The molecular formula is C22H19FN4O7S. The van der Waals surface area contributed by atoms with Crippen molar-refractivity contribution in [1.82, 2.24) is 14.9 Å². The zero-order chi connectivity index (χ0) is 25.3. The van der Waals surface area contributed by atoms with Gasteiger partial charge in [0.25, 0.3) is 5.69 Å². The molecule has 1 heterocycles. The third-order valence-electron chi connectivity index (χ3n) is 5.52.